The summed E-state index contributed by atoms with van der Waals surface area (Å²) in [6.45, 7) is 5.69. The Bertz CT molecular complexity index is 112. The predicted octanol–water partition coefficient (Wildman–Crippen LogP) is 3.57. The van der Waals surface area contributed by atoms with Crippen LogP contribution in [0.15, 0.2) is 0 Å². The van der Waals surface area contributed by atoms with Crippen molar-refractivity contribution in [3.63, 3.8) is 0 Å². The van der Waals surface area contributed by atoms with Crippen LogP contribution < -0.4 is 0 Å². The van der Waals surface area contributed by atoms with Crippen LogP contribution in [0.3, 0.4) is 0 Å². The van der Waals surface area contributed by atoms with E-state index < -0.39 is 0 Å². The average Bonchev–Trinajstić information content (AvgIpc) is 2.56. The van der Waals surface area contributed by atoms with Gasteiger partial charge in [-0.25, -0.2) is 0 Å². The van der Waals surface area contributed by atoms with Gasteiger partial charge in [0.05, 0.1) is 0 Å². The van der Waals surface area contributed by atoms with E-state index in [0.717, 1.165) is 18.8 Å². The summed E-state index contributed by atoms with van der Waals surface area (Å²) >= 11 is 0. The Morgan fingerprint density at radius 3 is 2.17 bits per heavy atom. The van der Waals surface area contributed by atoms with Crippen LogP contribution in [-0.4, -0.2) is 5.78 Å². The molecule has 0 unspecified atom stereocenters. The Labute approximate surface area is 76.6 Å². The lowest BCUT2D eigenvalue weighted by molar-refractivity contribution is -0.117. The minimum atomic E-state index is 0.354. The molecule has 0 radical (unpaired) electrons. The molecule has 1 nitrogen and oxygen atoms in total. The third-order valence-corrected chi connectivity index (χ3v) is 2.38. The zero-order valence-electron chi connectivity index (χ0n) is 8.73. The van der Waals surface area contributed by atoms with E-state index >= 15 is 0 Å². The third-order valence-electron chi connectivity index (χ3n) is 2.38. The van der Waals surface area contributed by atoms with Gasteiger partial charge < -0.3 is 4.79 Å². The van der Waals surface area contributed by atoms with Gasteiger partial charge >= 0.3 is 0 Å². The van der Waals surface area contributed by atoms with Crippen molar-refractivity contribution in [3.8, 4) is 0 Å². The van der Waals surface area contributed by atoms with Gasteiger partial charge in [-0.3, -0.25) is 0 Å². The molecule has 1 saturated carbocycles. The van der Waals surface area contributed by atoms with E-state index in [0.29, 0.717) is 5.78 Å². The summed E-state index contributed by atoms with van der Waals surface area (Å²) in [5.74, 6) is 1.23. The van der Waals surface area contributed by atoms with E-state index in [4.69, 9.17) is 0 Å². The van der Waals surface area contributed by atoms with Gasteiger partial charge in [-0.1, -0.05) is 39.5 Å². The second-order valence-corrected chi connectivity index (χ2v) is 3.39. The lowest BCUT2D eigenvalue weighted by Crippen LogP contribution is -1.97. The van der Waals surface area contributed by atoms with E-state index in [-0.39, 0.29) is 0 Å². The van der Waals surface area contributed by atoms with Crippen molar-refractivity contribution < 1.29 is 4.79 Å². The summed E-state index contributed by atoms with van der Waals surface area (Å²) in [4.78, 5) is 10.6. The summed E-state index contributed by atoms with van der Waals surface area (Å²) < 4.78 is 0. The molecule has 0 saturated heterocycles. The smallest absolute Gasteiger partial charge is 0.129 e. The fourth-order valence-corrected chi connectivity index (χ4v) is 1.71. The summed E-state index contributed by atoms with van der Waals surface area (Å²) in [5, 5.41) is 0. The highest BCUT2D eigenvalue weighted by Gasteiger charge is 2.14. The van der Waals surface area contributed by atoms with Crippen LogP contribution in [0.1, 0.15) is 59.3 Å². The lowest BCUT2D eigenvalue weighted by atomic mass is 10.0. The molecule has 0 aromatic carbocycles. The molecular weight excluding hydrogens is 148 g/mol. The molecule has 0 aliphatic heterocycles. The predicted molar refractivity (Wildman–Crippen MR) is 53.2 cm³/mol. The highest BCUT2D eigenvalue weighted by Crippen LogP contribution is 2.28. The number of hydrogen-bond acceptors (Lipinski definition) is 1. The van der Waals surface area contributed by atoms with Crippen molar-refractivity contribution in [2.45, 2.75) is 59.3 Å². The van der Waals surface area contributed by atoms with Crippen molar-refractivity contribution in [1.29, 1.82) is 0 Å². The molecule has 0 heterocycles. The Balaban J connectivity index is 0.000000561. The molecule has 1 aliphatic carbocycles. The molecule has 1 heteroatoms. The quantitative estimate of drug-likeness (QED) is 0.632. The van der Waals surface area contributed by atoms with Gasteiger partial charge in [0, 0.05) is 6.42 Å². The van der Waals surface area contributed by atoms with Gasteiger partial charge in [-0.15, -0.1) is 0 Å². The molecule has 1 rings (SSSR count). The van der Waals surface area contributed by atoms with E-state index in [9.17, 15) is 4.79 Å². The fraction of sp³-hybridized carbons (Fsp3) is 0.909. The van der Waals surface area contributed by atoms with Gasteiger partial charge in [0.25, 0.3) is 0 Å². The summed E-state index contributed by atoms with van der Waals surface area (Å²) in [6.07, 6.45) is 7.48. The van der Waals surface area contributed by atoms with Crippen molar-refractivity contribution in [1.82, 2.24) is 0 Å². The van der Waals surface area contributed by atoms with Crippen LogP contribution in [-0.2, 0) is 4.79 Å². The maximum absolute atomic E-state index is 10.6. The highest BCUT2D eigenvalue weighted by atomic mass is 16.1. The van der Waals surface area contributed by atoms with Crippen molar-refractivity contribution >= 4 is 5.78 Å². The van der Waals surface area contributed by atoms with Crippen LogP contribution in [0.5, 0.6) is 0 Å². The number of hydrogen-bond donors (Lipinski definition) is 0. The molecular formula is C11H22O. The summed E-state index contributed by atoms with van der Waals surface area (Å²) in [7, 11) is 0. The zero-order valence-corrected chi connectivity index (χ0v) is 8.73. The molecule has 1 aliphatic rings. The van der Waals surface area contributed by atoms with Gasteiger partial charge in [-0.05, 0) is 19.3 Å². The maximum atomic E-state index is 10.6. The Morgan fingerprint density at radius 2 is 1.75 bits per heavy atom. The number of ketones is 1. The molecule has 0 atom stereocenters. The van der Waals surface area contributed by atoms with Crippen molar-refractivity contribution in [3.05, 3.63) is 0 Å². The SMILES string of the molecule is CC.CC(=O)CCC1CCCC1. The monoisotopic (exact) mass is 170 g/mol. The molecule has 0 amide bonds. The van der Waals surface area contributed by atoms with E-state index in [1.54, 1.807) is 6.92 Å². The fourth-order valence-electron chi connectivity index (χ4n) is 1.71. The van der Waals surface area contributed by atoms with Gasteiger partial charge in [0.15, 0.2) is 0 Å². The average molecular weight is 170 g/mol. The largest absolute Gasteiger partial charge is 0.300 e. The molecule has 0 N–H and O–H groups in total. The van der Waals surface area contributed by atoms with Crippen LogP contribution in [0.4, 0.5) is 0 Å². The molecule has 12 heavy (non-hydrogen) atoms. The summed E-state index contributed by atoms with van der Waals surface area (Å²) in [6, 6.07) is 0. The van der Waals surface area contributed by atoms with E-state index in [1.807, 2.05) is 13.8 Å². The molecule has 0 bridgehead atoms. The zero-order chi connectivity index (χ0) is 9.40. The Morgan fingerprint density at radius 1 is 1.25 bits per heavy atom. The van der Waals surface area contributed by atoms with Crippen LogP contribution >= 0.6 is 0 Å². The topological polar surface area (TPSA) is 17.1 Å². The first-order valence-corrected chi connectivity index (χ1v) is 5.28. The van der Waals surface area contributed by atoms with E-state index in [1.165, 1.54) is 25.7 Å². The molecule has 0 aromatic rings. The summed E-state index contributed by atoms with van der Waals surface area (Å²) in [5.41, 5.74) is 0. The number of carbonyl (C=O) groups is 1. The second-order valence-electron chi connectivity index (χ2n) is 3.39. The number of rotatable bonds is 3. The van der Waals surface area contributed by atoms with Crippen LogP contribution in [0, 0.1) is 5.92 Å². The van der Waals surface area contributed by atoms with Crippen molar-refractivity contribution in [2.24, 2.45) is 5.92 Å². The normalized spacial score (nSPS) is 16.9. The Kier molecular flexibility index (Phi) is 7.12. The molecule has 0 spiro atoms. The molecule has 1 fully saturated rings. The second kappa shape index (κ2) is 7.33. The standard InChI is InChI=1S/C9H16O.C2H6/c1-8(10)6-7-9-4-2-3-5-9;1-2/h9H,2-7H2,1H3;1-2H3. The first-order chi connectivity index (χ1) is 5.79. The lowest BCUT2D eigenvalue weighted by Gasteiger charge is -2.04. The minimum Gasteiger partial charge on any atom is -0.300 e. The molecule has 0 aromatic heterocycles. The van der Waals surface area contributed by atoms with E-state index in [2.05, 4.69) is 0 Å². The first kappa shape index (κ1) is 11.7. The first-order valence-electron chi connectivity index (χ1n) is 5.28. The maximum Gasteiger partial charge on any atom is 0.129 e. The van der Waals surface area contributed by atoms with Crippen molar-refractivity contribution in [2.75, 3.05) is 0 Å². The van der Waals surface area contributed by atoms with Crippen LogP contribution in [0.2, 0.25) is 0 Å². The van der Waals surface area contributed by atoms with Gasteiger partial charge in [0.2, 0.25) is 0 Å². The molecule has 72 valence electrons. The minimum absolute atomic E-state index is 0.354. The van der Waals surface area contributed by atoms with Gasteiger partial charge in [0.1, 0.15) is 5.78 Å². The highest BCUT2D eigenvalue weighted by molar-refractivity contribution is 5.75. The Hall–Kier alpha value is -0.330. The number of Topliss-reactive ketones (excluding diaryl/α,β-unsaturated/α-hetero) is 1. The van der Waals surface area contributed by atoms with Gasteiger partial charge in [-0.2, -0.15) is 0 Å². The number of carbonyl (C=O) groups excluding carboxylic acids is 1. The van der Waals surface area contributed by atoms with Crippen LogP contribution in [0.25, 0.3) is 0 Å². The third kappa shape index (κ3) is 5.34.